The Morgan fingerprint density at radius 3 is 2.62 bits per heavy atom. The lowest BCUT2D eigenvalue weighted by atomic mass is 9.92. The molecule has 0 saturated heterocycles. The van der Waals surface area contributed by atoms with Crippen LogP contribution in [0.15, 0.2) is 36.4 Å². The maximum absolute atomic E-state index is 9.46. The first-order valence-electron chi connectivity index (χ1n) is 4.80. The molecule has 1 atom stereocenters. The van der Waals surface area contributed by atoms with E-state index in [1.165, 1.54) is 11.1 Å². The fourth-order valence-electron chi connectivity index (χ4n) is 1.79. The Kier molecular flexibility index (Phi) is 2.46. The summed E-state index contributed by atoms with van der Waals surface area (Å²) < 4.78 is 0. The van der Waals surface area contributed by atoms with E-state index in [0.717, 1.165) is 19.3 Å². The first kappa shape index (κ1) is 8.52. The van der Waals surface area contributed by atoms with Crippen molar-refractivity contribution in [2.24, 2.45) is 0 Å². The summed E-state index contributed by atoms with van der Waals surface area (Å²) in [7, 11) is 0. The van der Waals surface area contributed by atoms with Gasteiger partial charge in [-0.25, -0.2) is 0 Å². The predicted molar refractivity (Wildman–Crippen MR) is 54.3 cm³/mol. The average molecular weight is 174 g/mol. The molecule has 0 radical (unpaired) electrons. The van der Waals surface area contributed by atoms with Crippen LogP contribution >= 0.6 is 0 Å². The Labute approximate surface area is 78.7 Å². The highest BCUT2D eigenvalue weighted by atomic mass is 16.3. The summed E-state index contributed by atoms with van der Waals surface area (Å²) in [6, 6.07) is 10.3. The van der Waals surface area contributed by atoms with Gasteiger partial charge in [0, 0.05) is 0 Å². The molecular formula is C12H14O. The molecule has 0 heterocycles. The minimum Gasteiger partial charge on any atom is -0.389 e. The van der Waals surface area contributed by atoms with Crippen molar-refractivity contribution in [2.45, 2.75) is 25.4 Å². The minimum atomic E-state index is -0.232. The van der Waals surface area contributed by atoms with Gasteiger partial charge >= 0.3 is 0 Å². The zero-order valence-electron chi connectivity index (χ0n) is 7.61. The van der Waals surface area contributed by atoms with E-state index in [0.29, 0.717) is 0 Å². The molecule has 13 heavy (non-hydrogen) atoms. The SMILES string of the molecule is O[C@H]1C=C(c2ccccc2)CCC1. The van der Waals surface area contributed by atoms with Crippen LogP contribution in [0.4, 0.5) is 0 Å². The number of benzene rings is 1. The molecule has 0 fully saturated rings. The van der Waals surface area contributed by atoms with Gasteiger partial charge in [0.2, 0.25) is 0 Å². The third-order valence-corrected chi connectivity index (χ3v) is 2.48. The Morgan fingerprint density at radius 2 is 1.92 bits per heavy atom. The summed E-state index contributed by atoms with van der Waals surface area (Å²) in [4.78, 5) is 0. The van der Waals surface area contributed by atoms with Crippen molar-refractivity contribution in [3.63, 3.8) is 0 Å². The van der Waals surface area contributed by atoms with Crippen LogP contribution in [0.5, 0.6) is 0 Å². The molecule has 0 unspecified atom stereocenters. The summed E-state index contributed by atoms with van der Waals surface area (Å²) >= 11 is 0. The minimum absolute atomic E-state index is 0.232. The molecule has 68 valence electrons. The first-order valence-corrected chi connectivity index (χ1v) is 4.80. The highest BCUT2D eigenvalue weighted by Gasteiger charge is 2.11. The third-order valence-electron chi connectivity index (χ3n) is 2.48. The molecule has 1 heteroatoms. The molecule has 1 nitrogen and oxygen atoms in total. The van der Waals surface area contributed by atoms with Gasteiger partial charge < -0.3 is 5.11 Å². The van der Waals surface area contributed by atoms with Crippen molar-refractivity contribution in [2.75, 3.05) is 0 Å². The zero-order valence-corrected chi connectivity index (χ0v) is 7.61. The lowest BCUT2D eigenvalue weighted by Crippen LogP contribution is -2.08. The summed E-state index contributed by atoms with van der Waals surface area (Å²) in [5.41, 5.74) is 2.54. The Morgan fingerprint density at radius 1 is 1.15 bits per heavy atom. The number of allylic oxidation sites excluding steroid dienone is 1. The lowest BCUT2D eigenvalue weighted by Gasteiger charge is -2.16. The van der Waals surface area contributed by atoms with Gasteiger partial charge in [0.05, 0.1) is 6.10 Å². The fraction of sp³-hybridized carbons (Fsp3) is 0.333. The van der Waals surface area contributed by atoms with E-state index >= 15 is 0 Å². The standard InChI is InChI=1S/C12H14O/c13-12-8-4-7-11(9-12)10-5-2-1-3-6-10/h1-3,5-6,9,12-13H,4,7-8H2/t12-/m1/s1. The largest absolute Gasteiger partial charge is 0.389 e. The van der Waals surface area contributed by atoms with Crippen molar-refractivity contribution in [1.29, 1.82) is 0 Å². The average Bonchev–Trinajstić information content (AvgIpc) is 2.19. The van der Waals surface area contributed by atoms with Crippen LogP contribution in [-0.4, -0.2) is 11.2 Å². The van der Waals surface area contributed by atoms with Gasteiger partial charge in [-0.2, -0.15) is 0 Å². The van der Waals surface area contributed by atoms with E-state index in [2.05, 4.69) is 12.1 Å². The molecule has 2 rings (SSSR count). The van der Waals surface area contributed by atoms with Crippen molar-refractivity contribution in [3.8, 4) is 0 Å². The highest BCUT2D eigenvalue weighted by Crippen LogP contribution is 2.26. The second-order valence-corrected chi connectivity index (χ2v) is 3.52. The van der Waals surface area contributed by atoms with E-state index in [1.54, 1.807) is 0 Å². The molecule has 1 aromatic carbocycles. The molecule has 1 aliphatic rings. The molecule has 1 N–H and O–H groups in total. The maximum atomic E-state index is 9.46. The van der Waals surface area contributed by atoms with Gasteiger partial charge in [0.25, 0.3) is 0 Å². The molecule has 1 aliphatic carbocycles. The molecular weight excluding hydrogens is 160 g/mol. The highest BCUT2D eigenvalue weighted by molar-refractivity contribution is 5.66. The van der Waals surface area contributed by atoms with Crippen LogP contribution in [0.25, 0.3) is 5.57 Å². The van der Waals surface area contributed by atoms with Gasteiger partial charge in [0.1, 0.15) is 0 Å². The monoisotopic (exact) mass is 174 g/mol. The van der Waals surface area contributed by atoms with E-state index in [4.69, 9.17) is 0 Å². The van der Waals surface area contributed by atoms with Crippen LogP contribution in [-0.2, 0) is 0 Å². The van der Waals surface area contributed by atoms with Crippen LogP contribution in [0.1, 0.15) is 24.8 Å². The predicted octanol–water partition coefficient (Wildman–Crippen LogP) is 2.61. The summed E-state index contributed by atoms with van der Waals surface area (Å²) in [5.74, 6) is 0. The van der Waals surface area contributed by atoms with Crippen LogP contribution < -0.4 is 0 Å². The van der Waals surface area contributed by atoms with Gasteiger partial charge in [-0.15, -0.1) is 0 Å². The topological polar surface area (TPSA) is 20.2 Å². The quantitative estimate of drug-likeness (QED) is 0.694. The van der Waals surface area contributed by atoms with Crippen molar-refractivity contribution in [3.05, 3.63) is 42.0 Å². The Hall–Kier alpha value is -1.08. The number of hydrogen-bond donors (Lipinski definition) is 1. The molecule has 0 amide bonds. The number of aliphatic hydroxyl groups excluding tert-OH is 1. The Balaban J connectivity index is 2.26. The molecule has 0 saturated carbocycles. The summed E-state index contributed by atoms with van der Waals surface area (Å²) in [5, 5.41) is 9.46. The van der Waals surface area contributed by atoms with Crippen LogP contribution in [0.2, 0.25) is 0 Å². The number of rotatable bonds is 1. The fourth-order valence-corrected chi connectivity index (χ4v) is 1.79. The van der Waals surface area contributed by atoms with Crippen molar-refractivity contribution < 1.29 is 5.11 Å². The lowest BCUT2D eigenvalue weighted by molar-refractivity contribution is 0.206. The summed E-state index contributed by atoms with van der Waals surface area (Å²) in [6.07, 6.45) is 4.86. The van der Waals surface area contributed by atoms with E-state index in [1.807, 2.05) is 24.3 Å². The normalized spacial score (nSPS) is 22.5. The van der Waals surface area contributed by atoms with E-state index in [-0.39, 0.29) is 6.10 Å². The van der Waals surface area contributed by atoms with Crippen molar-refractivity contribution in [1.82, 2.24) is 0 Å². The maximum Gasteiger partial charge on any atom is 0.0726 e. The Bertz CT molecular complexity index is 300. The van der Waals surface area contributed by atoms with E-state index in [9.17, 15) is 5.11 Å². The number of hydrogen-bond acceptors (Lipinski definition) is 1. The number of aliphatic hydroxyl groups is 1. The van der Waals surface area contributed by atoms with Crippen molar-refractivity contribution >= 4 is 5.57 Å². The second kappa shape index (κ2) is 3.75. The molecule has 0 aromatic heterocycles. The van der Waals surface area contributed by atoms with Crippen LogP contribution in [0, 0.1) is 0 Å². The third kappa shape index (κ3) is 1.99. The second-order valence-electron chi connectivity index (χ2n) is 3.52. The zero-order chi connectivity index (χ0) is 9.10. The molecule has 1 aromatic rings. The van der Waals surface area contributed by atoms with Gasteiger partial charge in [-0.1, -0.05) is 36.4 Å². The van der Waals surface area contributed by atoms with Gasteiger partial charge in [0.15, 0.2) is 0 Å². The summed E-state index contributed by atoms with van der Waals surface area (Å²) in [6.45, 7) is 0. The molecule has 0 spiro atoms. The smallest absolute Gasteiger partial charge is 0.0726 e. The van der Waals surface area contributed by atoms with Gasteiger partial charge in [-0.05, 0) is 30.4 Å². The molecule has 0 bridgehead atoms. The van der Waals surface area contributed by atoms with Crippen LogP contribution in [0.3, 0.4) is 0 Å². The van der Waals surface area contributed by atoms with E-state index < -0.39 is 0 Å². The first-order chi connectivity index (χ1) is 6.36. The van der Waals surface area contributed by atoms with Gasteiger partial charge in [-0.3, -0.25) is 0 Å². The molecule has 0 aliphatic heterocycles.